The minimum Gasteiger partial charge on any atom is -0.352 e. The molecular weight excluding hydrogens is 291 g/mol. The second kappa shape index (κ2) is 7.91. The van der Waals surface area contributed by atoms with Gasteiger partial charge >= 0.3 is 0 Å². The summed E-state index contributed by atoms with van der Waals surface area (Å²) in [6, 6.07) is 6.85. The van der Waals surface area contributed by atoms with Crippen LogP contribution in [-0.2, 0) is 4.79 Å². The van der Waals surface area contributed by atoms with Crippen LogP contribution in [0.4, 0.5) is 4.39 Å². The van der Waals surface area contributed by atoms with Crippen LogP contribution in [0.5, 0.6) is 0 Å². The van der Waals surface area contributed by atoms with Crippen LogP contribution in [0.2, 0.25) is 0 Å². The van der Waals surface area contributed by atoms with E-state index >= 15 is 0 Å². The molecule has 0 radical (unpaired) electrons. The molecule has 4 unspecified atom stereocenters. The smallest absolute Gasteiger partial charge is 0.234 e. The van der Waals surface area contributed by atoms with Crippen molar-refractivity contribution < 1.29 is 9.18 Å². The zero-order chi connectivity index (χ0) is 17.0. The zero-order valence-corrected chi connectivity index (χ0v) is 14.7. The molecule has 1 saturated carbocycles. The van der Waals surface area contributed by atoms with E-state index in [1.807, 2.05) is 18.9 Å². The van der Waals surface area contributed by atoms with Gasteiger partial charge in [-0.2, -0.15) is 0 Å². The van der Waals surface area contributed by atoms with E-state index in [2.05, 4.69) is 19.2 Å². The highest BCUT2D eigenvalue weighted by atomic mass is 19.1. The van der Waals surface area contributed by atoms with Crippen molar-refractivity contribution in [2.45, 2.75) is 52.1 Å². The minimum atomic E-state index is -0.234. The minimum absolute atomic E-state index is 0.0732. The highest BCUT2D eigenvalue weighted by molar-refractivity contribution is 5.78. The third-order valence-electron chi connectivity index (χ3n) is 5.46. The Morgan fingerprint density at radius 3 is 2.61 bits per heavy atom. The highest BCUT2D eigenvalue weighted by Crippen LogP contribution is 2.29. The lowest BCUT2D eigenvalue weighted by Gasteiger charge is -2.35. The Kier molecular flexibility index (Phi) is 6.17. The Labute approximate surface area is 139 Å². The second-order valence-electron chi connectivity index (χ2n) is 7.08. The van der Waals surface area contributed by atoms with E-state index < -0.39 is 0 Å². The molecule has 4 heteroatoms. The van der Waals surface area contributed by atoms with Crippen molar-refractivity contribution in [3.63, 3.8) is 0 Å². The lowest BCUT2D eigenvalue weighted by atomic mass is 9.78. The van der Waals surface area contributed by atoms with Crippen molar-refractivity contribution in [1.29, 1.82) is 0 Å². The molecular formula is C19H29FN2O. The molecule has 2 rings (SSSR count). The summed E-state index contributed by atoms with van der Waals surface area (Å²) in [4.78, 5) is 14.4. The van der Waals surface area contributed by atoms with Gasteiger partial charge in [-0.1, -0.05) is 38.8 Å². The fraction of sp³-hybridized carbons (Fsp3) is 0.632. The largest absolute Gasteiger partial charge is 0.352 e. The standard InChI is InChI=1S/C19H29FN2O/c1-13-6-5-7-18(14(13)2)21-19(23)12-22(4)15(3)16-8-10-17(20)11-9-16/h8-11,13-15,18H,5-7,12H2,1-4H3,(H,21,23). The number of amides is 1. The van der Waals surface area contributed by atoms with E-state index in [1.54, 1.807) is 12.1 Å². The Morgan fingerprint density at radius 1 is 1.30 bits per heavy atom. The third kappa shape index (κ3) is 4.77. The molecule has 1 aliphatic carbocycles. The Hall–Kier alpha value is -1.42. The number of halogens is 1. The van der Waals surface area contributed by atoms with Crippen molar-refractivity contribution >= 4 is 5.91 Å². The van der Waals surface area contributed by atoms with Crippen LogP contribution >= 0.6 is 0 Å². The first kappa shape index (κ1) is 17.9. The fourth-order valence-corrected chi connectivity index (χ4v) is 3.40. The van der Waals surface area contributed by atoms with E-state index in [0.717, 1.165) is 12.0 Å². The summed E-state index contributed by atoms with van der Waals surface area (Å²) in [6.45, 7) is 6.90. The first-order valence-corrected chi connectivity index (χ1v) is 8.63. The molecule has 0 bridgehead atoms. The van der Waals surface area contributed by atoms with E-state index in [1.165, 1.54) is 25.0 Å². The second-order valence-corrected chi connectivity index (χ2v) is 7.08. The predicted molar refractivity (Wildman–Crippen MR) is 91.6 cm³/mol. The van der Waals surface area contributed by atoms with Gasteiger partial charge in [-0.3, -0.25) is 9.69 Å². The molecule has 1 aromatic carbocycles. The van der Waals surface area contributed by atoms with Crippen LogP contribution < -0.4 is 5.32 Å². The normalized spacial score (nSPS) is 26.1. The summed E-state index contributed by atoms with van der Waals surface area (Å²) in [5.41, 5.74) is 1.02. The number of nitrogens with one attached hydrogen (secondary N) is 1. The van der Waals surface area contributed by atoms with Crippen molar-refractivity contribution in [2.24, 2.45) is 11.8 Å². The number of hydrogen-bond donors (Lipinski definition) is 1. The van der Waals surface area contributed by atoms with Crippen molar-refractivity contribution in [3.05, 3.63) is 35.6 Å². The van der Waals surface area contributed by atoms with Crippen LogP contribution in [0, 0.1) is 17.7 Å². The van der Waals surface area contributed by atoms with Gasteiger partial charge in [-0.05, 0) is 49.9 Å². The quantitative estimate of drug-likeness (QED) is 0.896. The van der Waals surface area contributed by atoms with Crippen LogP contribution in [0.3, 0.4) is 0 Å². The molecule has 1 fully saturated rings. The lowest BCUT2D eigenvalue weighted by molar-refractivity contribution is -0.123. The summed E-state index contributed by atoms with van der Waals surface area (Å²) in [5, 5.41) is 3.20. The van der Waals surface area contributed by atoms with Crippen molar-refractivity contribution in [2.75, 3.05) is 13.6 Å². The molecule has 3 nitrogen and oxygen atoms in total. The SMILES string of the molecule is CC1CCCC(NC(=O)CN(C)C(C)c2ccc(F)cc2)C1C. The number of carbonyl (C=O) groups is 1. The molecule has 0 spiro atoms. The van der Waals surface area contributed by atoms with Crippen LogP contribution in [0.25, 0.3) is 0 Å². The Bertz CT molecular complexity index is 517. The maximum atomic E-state index is 13.0. The molecule has 1 aromatic rings. The highest BCUT2D eigenvalue weighted by Gasteiger charge is 2.28. The molecule has 0 saturated heterocycles. The van der Waals surface area contributed by atoms with Crippen LogP contribution in [0.1, 0.15) is 51.6 Å². The molecule has 0 aromatic heterocycles. The fourth-order valence-electron chi connectivity index (χ4n) is 3.40. The number of carbonyl (C=O) groups excluding carboxylic acids is 1. The zero-order valence-electron chi connectivity index (χ0n) is 14.7. The van der Waals surface area contributed by atoms with Gasteiger partial charge in [0, 0.05) is 12.1 Å². The number of benzene rings is 1. The predicted octanol–water partition coefficient (Wildman–Crippen LogP) is 3.76. The summed E-state index contributed by atoms with van der Waals surface area (Å²) < 4.78 is 13.0. The molecule has 1 amide bonds. The van der Waals surface area contributed by atoms with Gasteiger partial charge < -0.3 is 5.32 Å². The molecule has 128 valence electrons. The average Bonchev–Trinajstić information content (AvgIpc) is 2.52. The lowest BCUT2D eigenvalue weighted by Crippen LogP contribution is -2.47. The van der Waals surface area contributed by atoms with Gasteiger partial charge in [0.25, 0.3) is 0 Å². The topological polar surface area (TPSA) is 32.3 Å². The van der Waals surface area contributed by atoms with Crippen LogP contribution in [-0.4, -0.2) is 30.4 Å². The first-order valence-electron chi connectivity index (χ1n) is 8.63. The van der Waals surface area contributed by atoms with Gasteiger partial charge in [0.2, 0.25) is 5.91 Å². The van der Waals surface area contributed by atoms with E-state index in [9.17, 15) is 9.18 Å². The van der Waals surface area contributed by atoms with E-state index in [-0.39, 0.29) is 17.8 Å². The summed E-state index contributed by atoms with van der Waals surface area (Å²) in [5.74, 6) is 1.05. The molecule has 23 heavy (non-hydrogen) atoms. The molecule has 0 heterocycles. The molecule has 0 aliphatic heterocycles. The molecule has 1 aliphatic rings. The van der Waals surface area contributed by atoms with Gasteiger partial charge in [0.1, 0.15) is 5.82 Å². The number of hydrogen-bond acceptors (Lipinski definition) is 2. The number of nitrogens with zero attached hydrogens (tertiary/aromatic N) is 1. The van der Waals surface area contributed by atoms with Gasteiger partial charge in [-0.15, -0.1) is 0 Å². The maximum absolute atomic E-state index is 13.0. The van der Waals surface area contributed by atoms with E-state index in [0.29, 0.717) is 24.4 Å². The number of rotatable bonds is 5. The van der Waals surface area contributed by atoms with Gasteiger partial charge in [-0.25, -0.2) is 4.39 Å². The molecule has 4 atom stereocenters. The van der Waals surface area contributed by atoms with E-state index in [4.69, 9.17) is 0 Å². The van der Waals surface area contributed by atoms with Gasteiger partial charge in [0.15, 0.2) is 0 Å². The average molecular weight is 320 g/mol. The van der Waals surface area contributed by atoms with Crippen molar-refractivity contribution in [1.82, 2.24) is 10.2 Å². The third-order valence-corrected chi connectivity index (χ3v) is 5.46. The summed E-state index contributed by atoms with van der Waals surface area (Å²) in [7, 11) is 1.93. The Morgan fingerprint density at radius 2 is 1.96 bits per heavy atom. The van der Waals surface area contributed by atoms with Gasteiger partial charge in [0.05, 0.1) is 6.54 Å². The Balaban J connectivity index is 1.87. The first-order chi connectivity index (χ1) is 10.9. The van der Waals surface area contributed by atoms with Crippen molar-refractivity contribution in [3.8, 4) is 0 Å². The maximum Gasteiger partial charge on any atom is 0.234 e. The molecule has 1 N–H and O–H groups in total. The van der Waals surface area contributed by atoms with Crippen LogP contribution in [0.15, 0.2) is 24.3 Å². The summed E-state index contributed by atoms with van der Waals surface area (Å²) in [6.07, 6.45) is 3.53. The number of likely N-dealkylation sites (N-methyl/N-ethyl adjacent to an activating group) is 1. The summed E-state index contributed by atoms with van der Waals surface area (Å²) >= 11 is 0. The monoisotopic (exact) mass is 320 g/mol.